The summed E-state index contributed by atoms with van der Waals surface area (Å²) in [4.78, 5) is 27.3. The monoisotopic (exact) mass is 336 g/mol. The number of furan rings is 1. The highest BCUT2D eigenvalue weighted by atomic mass is 16.3. The number of carbonyl (C=O) groups is 1. The van der Waals surface area contributed by atoms with Crippen molar-refractivity contribution in [2.24, 2.45) is 0 Å². The molecular formula is C19H20N4O2. The topological polar surface area (TPSA) is 72.1 Å². The molecule has 6 nitrogen and oxygen atoms in total. The molecule has 0 spiro atoms. The smallest absolute Gasteiger partial charge is 0.257 e. The Labute approximate surface area is 146 Å². The first kappa shape index (κ1) is 16.8. The molecule has 6 heteroatoms. The van der Waals surface area contributed by atoms with E-state index in [4.69, 9.17) is 4.42 Å². The molecule has 0 aliphatic carbocycles. The van der Waals surface area contributed by atoms with Crippen LogP contribution in [0.3, 0.4) is 0 Å². The summed E-state index contributed by atoms with van der Waals surface area (Å²) >= 11 is 0. The number of hydrogen-bond donors (Lipinski definition) is 0. The fourth-order valence-corrected chi connectivity index (χ4v) is 2.46. The van der Waals surface area contributed by atoms with Gasteiger partial charge >= 0.3 is 0 Å². The number of nitrogens with zero attached hydrogens (tertiary/aromatic N) is 4. The maximum Gasteiger partial charge on any atom is 0.257 e. The Morgan fingerprint density at radius 2 is 2.00 bits per heavy atom. The number of pyridine rings is 1. The normalized spacial score (nSPS) is 10.6. The number of amides is 1. The van der Waals surface area contributed by atoms with E-state index < -0.39 is 0 Å². The lowest BCUT2D eigenvalue weighted by Gasteiger charge is -2.21. The van der Waals surface area contributed by atoms with Crippen LogP contribution in [0.15, 0.2) is 59.7 Å². The minimum Gasteiger partial charge on any atom is -0.467 e. The SMILES string of the molecule is CCCCN(Cc1ccco1)C(=O)c1cnc(-c2cccnc2)nc1. The Bertz CT molecular complexity index is 786. The fraction of sp³-hybridized carbons (Fsp3) is 0.263. The molecule has 1 amide bonds. The van der Waals surface area contributed by atoms with Crippen molar-refractivity contribution in [3.05, 3.63) is 66.6 Å². The van der Waals surface area contributed by atoms with Gasteiger partial charge in [0.25, 0.3) is 5.91 Å². The van der Waals surface area contributed by atoms with Crippen LogP contribution in [0.2, 0.25) is 0 Å². The average Bonchev–Trinajstić information content (AvgIpc) is 3.18. The fourth-order valence-electron chi connectivity index (χ4n) is 2.46. The molecule has 3 heterocycles. The second-order valence-electron chi connectivity index (χ2n) is 5.70. The van der Waals surface area contributed by atoms with Crippen LogP contribution in [0.25, 0.3) is 11.4 Å². The second kappa shape index (κ2) is 8.19. The molecule has 128 valence electrons. The summed E-state index contributed by atoms with van der Waals surface area (Å²) in [7, 11) is 0. The van der Waals surface area contributed by atoms with E-state index in [9.17, 15) is 4.79 Å². The van der Waals surface area contributed by atoms with E-state index >= 15 is 0 Å². The van der Waals surface area contributed by atoms with Crippen LogP contribution < -0.4 is 0 Å². The van der Waals surface area contributed by atoms with E-state index in [1.165, 1.54) is 0 Å². The summed E-state index contributed by atoms with van der Waals surface area (Å²) in [6.07, 6.45) is 10.1. The molecule has 0 atom stereocenters. The largest absolute Gasteiger partial charge is 0.467 e. The first-order valence-corrected chi connectivity index (χ1v) is 8.32. The van der Waals surface area contributed by atoms with Crippen molar-refractivity contribution in [2.45, 2.75) is 26.3 Å². The zero-order valence-electron chi connectivity index (χ0n) is 14.1. The highest BCUT2D eigenvalue weighted by Gasteiger charge is 2.18. The van der Waals surface area contributed by atoms with Crippen LogP contribution in [0.4, 0.5) is 0 Å². The van der Waals surface area contributed by atoms with Crippen molar-refractivity contribution in [1.29, 1.82) is 0 Å². The molecule has 0 unspecified atom stereocenters. The van der Waals surface area contributed by atoms with Gasteiger partial charge in [-0.25, -0.2) is 9.97 Å². The minimum atomic E-state index is -0.0948. The summed E-state index contributed by atoms with van der Waals surface area (Å²) in [5.74, 6) is 1.22. The maximum absolute atomic E-state index is 12.8. The zero-order chi connectivity index (χ0) is 17.5. The first-order chi connectivity index (χ1) is 12.3. The van der Waals surface area contributed by atoms with Crippen molar-refractivity contribution >= 4 is 5.91 Å². The minimum absolute atomic E-state index is 0.0948. The van der Waals surface area contributed by atoms with Crippen molar-refractivity contribution < 1.29 is 9.21 Å². The Morgan fingerprint density at radius 1 is 1.16 bits per heavy atom. The molecule has 0 saturated carbocycles. The Kier molecular flexibility index (Phi) is 5.51. The Hall–Kier alpha value is -3.02. The van der Waals surface area contributed by atoms with Gasteiger partial charge in [-0.2, -0.15) is 0 Å². The van der Waals surface area contributed by atoms with Gasteiger partial charge < -0.3 is 9.32 Å². The predicted octanol–water partition coefficient (Wildman–Crippen LogP) is 3.57. The zero-order valence-corrected chi connectivity index (χ0v) is 14.1. The molecule has 3 aromatic rings. The third-order valence-corrected chi connectivity index (χ3v) is 3.81. The van der Waals surface area contributed by atoms with E-state index in [1.54, 1.807) is 36.0 Å². The molecule has 0 aliphatic heterocycles. The summed E-state index contributed by atoms with van der Waals surface area (Å²) in [5, 5.41) is 0. The molecule has 0 radical (unpaired) electrons. The van der Waals surface area contributed by atoms with Crippen LogP contribution >= 0.6 is 0 Å². The van der Waals surface area contributed by atoms with Crippen LogP contribution in [0.1, 0.15) is 35.9 Å². The highest BCUT2D eigenvalue weighted by molar-refractivity contribution is 5.93. The summed E-state index contributed by atoms with van der Waals surface area (Å²) in [6, 6.07) is 7.40. The summed E-state index contributed by atoms with van der Waals surface area (Å²) < 4.78 is 5.37. The molecule has 3 aromatic heterocycles. The third kappa shape index (κ3) is 4.29. The van der Waals surface area contributed by atoms with Crippen molar-refractivity contribution in [2.75, 3.05) is 6.54 Å². The van der Waals surface area contributed by atoms with E-state index in [0.717, 1.165) is 24.2 Å². The van der Waals surface area contributed by atoms with Crippen LogP contribution in [-0.2, 0) is 6.54 Å². The van der Waals surface area contributed by atoms with Gasteiger partial charge in [0.15, 0.2) is 5.82 Å². The first-order valence-electron chi connectivity index (χ1n) is 8.32. The van der Waals surface area contributed by atoms with Gasteiger partial charge in [-0.15, -0.1) is 0 Å². The molecule has 3 rings (SSSR count). The predicted molar refractivity (Wildman–Crippen MR) is 93.6 cm³/mol. The quantitative estimate of drug-likeness (QED) is 0.659. The molecule has 25 heavy (non-hydrogen) atoms. The number of aromatic nitrogens is 3. The maximum atomic E-state index is 12.8. The average molecular weight is 336 g/mol. The number of rotatable bonds is 7. The van der Waals surface area contributed by atoms with Gasteiger partial charge in [-0.05, 0) is 30.7 Å². The van der Waals surface area contributed by atoms with Gasteiger partial charge in [0.2, 0.25) is 0 Å². The molecule has 0 fully saturated rings. The molecular weight excluding hydrogens is 316 g/mol. The Balaban J connectivity index is 1.76. The number of hydrogen-bond acceptors (Lipinski definition) is 5. The third-order valence-electron chi connectivity index (χ3n) is 3.81. The van der Waals surface area contributed by atoms with Crippen LogP contribution in [0, 0.1) is 0 Å². The van der Waals surface area contributed by atoms with Gasteiger partial charge in [0.05, 0.1) is 18.4 Å². The van der Waals surface area contributed by atoms with Crippen molar-refractivity contribution in [3.63, 3.8) is 0 Å². The van der Waals surface area contributed by atoms with Crippen LogP contribution in [-0.4, -0.2) is 32.3 Å². The van der Waals surface area contributed by atoms with E-state index in [0.29, 0.717) is 24.5 Å². The highest BCUT2D eigenvalue weighted by Crippen LogP contribution is 2.14. The van der Waals surface area contributed by atoms with Gasteiger partial charge in [0, 0.05) is 36.9 Å². The molecule has 0 aliphatic rings. The lowest BCUT2D eigenvalue weighted by molar-refractivity contribution is 0.0728. The van der Waals surface area contributed by atoms with E-state index in [1.807, 2.05) is 24.3 Å². The summed E-state index contributed by atoms with van der Waals surface area (Å²) in [6.45, 7) is 3.21. The van der Waals surface area contributed by atoms with Gasteiger partial charge in [-0.1, -0.05) is 13.3 Å². The lowest BCUT2D eigenvalue weighted by atomic mass is 10.2. The van der Waals surface area contributed by atoms with Crippen molar-refractivity contribution in [3.8, 4) is 11.4 Å². The summed E-state index contributed by atoms with van der Waals surface area (Å²) in [5.41, 5.74) is 1.29. The van der Waals surface area contributed by atoms with Crippen LogP contribution in [0.5, 0.6) is 0 Å². The van der Waals surface area contributed by atoms with E-state index in [-0.39, 0.29) is 5.91 Å². The molecule has 0 saturated heterocycles. The van der Waals surface area contributed by atoms with Gasteiger partial charge in [-0.3, -0.25) is 9.78 Å². The number of unbranched alkanes of at least 4 members (excludes halogenated alkanes) is 1. The second-order valence-corrected chi connectivity index (χ2v) is 5.70. The molecule has 0 aromatic carbocycles. The molecule has 0 bridgehead atoms. The molecule has 0 N–H and O–H groups in total. The van der Waals surface area contributed by atoms with Crippen molar-refractivity contribution in [1.82, 2.24) is 19.9 Å². The lowest BCUT2D eigenvalue weighted by Crippen LogP contribution is -2.31. The number of carbonyl (C=O) groups excluding carboxylic acids is 1. The van der Waals surface area contributed by atoms with E-state index in [2.05, 4.69) is 21.9 Å². The van der Waals surface area contributed by atoms with Gasteiger partial charge in [0.1, 0.15) is 5.76 Å². The Morgan fingerprint density at radius 3 is 2.64 bits per heavy atom. The standard InChI is InChI=1S/C19H20N4O2/c1-2-3-9-23(14-17-7-5-10-25-17)19(24)16-12-21-18(22-13-16)15-6-4-8-20-11-15/h4-8,10-13H,2-3,9,14H2,1H3.